The van der Waals surface area contributed by atoms with Crippen molar-refractivity contribution in [3.8, 4) is 0 Å². The predicted molar refractivity (Wildman–Crippen MR) is 71.6 cm³/mol. The van der Waals surface area contributed by atoms with E-state index in [1.165, 1.54) is 0 Å². The summed E-state index contributed by atoms with van der Waals surface area (Å²) in [6.07, 6.45) is 4.68. The van der Waals surface area contributed by atoms with E-state index in [2.05, 4.69) is 12.2 Å². The van der Waals surface area contributed by atoms with E-state index in [0.29, 0.717) is 26.1 Å². The van der Waals surface area contributed by atoms with E-state index in [-0.39, 0.29) is 23.8 Å². The van der Waals surface area contributed by atoms with Crippen molar-refractivity contribution >= 4 is 11.8 Å². The zero-order chi connectivity index (χ0) is 13.7. The number of hydrogen-bond acceptors (Lipinski definition) is 3. The van der Waals surface area contributed by atoms with Crippen LogP contribution in [0.25, 0.3) is 0 Å². The van der Waals surface area contributed by atoms with Gasteiger partial charge in [0.2, 0.25) is 11.8 Å². The average Bonchev–Trinajstić information content (AvgIpc) is 3.01. The second-order valence-electron chi connectivity index (χ2n) is 5.48. The second kappa shape index (κ2) is 6.89. The van der Waals surface area contributed by atoms with Gasteiger partial charge in [0.25, 0.3) is 0 Å². The Morgan fingerprint density at radius 2 is 2.37 bits per heavy atom. The molecule has 5 heteroatoms. The first kappa shape index (κ1) is 14.3. The highest BCUT2D eigenvalue weighted by molar-refractivity contribution is 5.89. The van der Waals surface area contributed by atoms with Gasteiger partial charge in [-0.3, -0.25) is 9.59 Å². The third-order valence-corrected chi connectivity index (χ3v) is 3.86. The Hall–Kier alpha value is -1.10. The van der Waals surface area contributed by atoms with Gasteiger partial charge in [0.1, 0.15) is 0 Å². The van der Waals surface area contributed by atoms with Gasteiger partial charge in [0.15, 0.2) is 0 Å². The first-order valence-corrected chi connectivity index (χ1v) is 7.37. The molecule has 2 amide bonds. The summed E-state index contributed by atoms with van der Waals surface area (Å²) in [4.78, 5) is 25.6. The number of likely N-dealkylation sites (tertiary alicyclic amines) is 1. The van der Waals surface area contributed by atoms with Crippen LogP contribution in [0, 0.1) is 5.92 Å². The number of unbranched alkanes of at least 4 members (excludes halogenated alkanes) is 1. The molecule has 2 aliphatic heterocycles. The fourth-order valence-electron chi connectivity index (χ4n) is 2.69. The Morgan fingerprint density at radius 1 is 1.53 bits per heavy atom. The molecule has 0 aromatic rings. The summed E-state index contributed by atoms with van der Waals surface area (Å²) in [5, 5.41) is 2.91. The monoisotopic (exact) mass is 268 g/mol. The highest BCUT2D eigenvalue weighted by Crippen LogP contribution is 2.21. The van der Waals surface area contributed by atoms with Crippen LogP contribution < -0.4 is 5.32 Å². The van der Waals surface area contributed by atoms with E-state index in [4.69, 9.17) is 4.74 Å². The summed E-state index contributed by atoms with van der Waals surface area (Å²) in [6, 6.07) is 0. The van der Waals surface area contributed by atoms with Crippen LogP contribution in [0.5, 0.6) is 0 Å². The minimum absolute atomic E-state index is 0.0247. The molecule has 0 aliphatic carbocycles. The largest absolute Gasteiger partial charge is 0.376 e. The molecule has 2 heterocycles. The van der Waals surface area contributed by atoms with Crippen molar-refractivity contribution in [1.82, 2.24) is 10.2 Å². The molecular formula is C14H24N2O3. The first-order valence-electron chi connectivity index (χ1n) is 7.37. The summed E-state index contributed by atoms with van der Waals surface area (Å²) >= 11 is 0. The molecule has 0 bridgehead atoms. The molecule has 0 radical (unpaired) electrons. The number of hydrogen-bond donors (Lipinski definition) is 1. The van der Waals surface area contributed by atoms with Gasteiger partial charge in [0.05, 0.1) is 12.0 Å². The van der Waals surface area contributed by atoms with Crippen LogP contribution in [0.15, 0.2) is 0 Å². The maximum Gasteiger partial charge on any atom is 0.225 e. The molecule has 108 valence electrons. The van der Waals surface area contributed by atoms with Crippen LogP contribution in [-0.2, 0) is 14.3 Å². The molecule has 0 aromatic carbocycles. The van der Waals surface area contributed by atoms with Gasteiger partial charge in [-0.1, -0.05) is 13.3 Å². The lowest BCUT2D eigenvalue weighted by atomic mass is 10.1. The highest BCUT2D eigenvalue weighted by Gasteiger charge is 2.35. The molecule has 2 saturated heterocycles. The summed E-state index contributed by atoms with van der Waals surface area (Å²) < 4.78 is 5.54. The summed E-state index contributed by atoms with van der Waals surface area (Å²) in [6.45, 7) is 4.81. The van der Waals surface area contributed by atoms with Crippen LogP contribution in [0.2, 0.25) is 0 Å². The summed E-state index contributed by atoms with van der Waals surface area (Å²) in [5.41, 5.74) is 0. The van der Waals surface area contributed by atoms with Crippen molar-refractivity contribution in [2.75, 3.05) is 26.2 Å². The van der Waals surface area contributed by atoms with Gasteiger partial charge in [-0.2, -0.15) is 0 Å². The molecule has 2 atom stereocenters. The molecule has 0 aromatic heterocycles. The van der Waals surface area contributed by atoms with Gasteiger partial charge in [-0.05, 0) is 19.3 Å². The fraction of sp³-hybridized carbons (Fsp3) is 0.857. The van der Waals surface area contributed by atoms with Crippen molar-refractivity contribution < 1.29 is 14.3 Å². The number of nitrogens with one attached hydrogen (secondary N) is 1. The quantitative estimate of drug-likeness (QED) is 0.729. The van der Waals surface area contributed by atoms with E-state index < -0.39 is 0 Å². The Kier molecular flexibility index (Phi) is 5.19. The Balaban J connectivity index is 1.76. The Bertz CT molecular complexity index is 327. The normalized spacial score (nSPS) is 27.0. The third kappa shape index (κ3) is 3.93. The third-order valence-electron chi connectivity index (χ3n) is 3.86. The van der Waals surface area contributed by atoms with E-state index >= 15 is 0 Å². The van der Waals surface area contributed by atoms with Gasteiger partial charge >= 0.3 is 0 Å². The van der Waals surface area contributed by atoms with E-state index in [9.17, 15) is 9.59 Å². The highest BCUT2D eigenvalue weighted by atomic mass is 16.5. The number of carbonyl (C=O) groups excluding carboxylic acids is 2. The molecule has 19 heavy (non-hydrogen) atoms. The molecule has 5 nitrogen and oxygen atoms in total. The van der Waals surface area contributed by atoms with Gasteiger partial charge in [-0.15, -0.1) is 0 Å². The zero-order valence-corrected chi connectivity index (χ0v) is 11.7. The maximum absolute atomic E-state index is 11.9. The minimum Gasteiger partial charge on any atom is -0.376 e. The maximum atomic E-state index is 11.9. The number of amides is 2. The van der Waals surface area contributed by atoms with Crippen molar-refractivity contribution in [2.45, 2.75) is 45.1 Å². The van der Waals surface area contributed by atoms with Gasteiger partial charge in [-0.25, -0.2) is 0 Å². The zero-order valence-electron chi connectivity index (χ0n) is 11.7. The Labute approximate surface area is 114 Å². The van der Waals surface area contributed by atoms with E-state index in [0.717, 1.165) is 32.3 Å². The molecule has 0 spiro atoms. The van der Waals surface area contributed by atoms with Crippen molar-refractivity contribution in [3.63, 3.8) is 0 Å². The second-order valence-corrected chi connectivity index (χ2v) is 5.48. The molecule has 1 N–H and O–H groups in total. The number of nitrogens with zero attached hydrogens (tertiary/aromatic N) is 1. The lowest BCUT2D eigenvalue weighted by molar-refractivity contribution is -0.129. The molecule has 2 aliphatic rings. The van der Waals surface area contributed by atoms with Crippen LogP contribution in [0.1, 0.15) is 39.0 Å². The van der Waals surface area contributed by atoms with Crippen LogP contribution in [-0.4, -0.2) is 49.1 Å². The minimum atomic E-state index is -0.175. The summed E-state index contributed by atoms with van der Waals surface area (Å²) in [5.74, 6) is -0.0615. The smallest absolute Gasteiger partial charge is 0.225 e. The van der Waals surface area contributed by atoms with Crippen LogP contribution in [0.3, 0.4) is 0 Å². The number of ether oxygens (including phenoxy) is 1. The standard InChI is InChI=1S/C14H24N2O3/c1-2-3-6-15-14(18)11-8-13(17)16(9-11)10-12-5-4-7-19-12/h11-12H,2-10H2,1H3,(H,15,18). The molecule has 2 rings (SSSR count). The molecule has 2 unspecified atom stereocenters. The van der Waals surface area contributed by atoms with Crippen LogP contribution >= 0.6 is 0 Å². The van der Waals surface area contributed by atoms with Crippen molar-refractivity contribution in [1.29, 1.82) is 0 Å². The van der Waals surface area contributed by atoms with Crippen LogP contribution in [0.4, 0.5) is 0 Å². The number of carbonyl (C=O) groups is 2. The molecule has 2 fully saturated rings. The van der Waals surface area contributed by atoms with E-state index in [1.807, 2.05) is 0 Å². The van der Waals surface area contributed by atoms with Crippen molar-refractivity contribution in [3.05, 3.63) is 0 Å². The van der Waals surface area contributed by atoms with Gasteiger partial charge in [0, 0.05) is 32.7 Å². The number of rotatable bonds is 6. The molecule has 0 saturated carbocycles. The van der Waals surface area contributed by atoms with Crippen molar-refractivity contribution in [2.24, 2.45) is 5.92 Å². The first-order chi connectivity index (χ1) is 9.20. The fourth-order valence-corrected chi connectivity index (χ4v) is 2.69. The average molecular weight is 268 g/mol. The Morgan fingerprint density at radius 3 is 3.05 bits per heavy atom. The SMILES string of the molecule is CCCCNC(=O)C1CC(=O)N(CC2CCCO2)C1. The van der Waals surface area contributed by atoms with Gasteiger partial charge < -0.3 is 15.0 Å². The lowest BCUT2D eigenvalue weighted by Crippen LogP contribution is -2.36. The molecular weight excluding hydrogens is 244 g/mol. The summed E-state index contributed by atoms with van der Waals surface area (Å²) in [7, 11) is 0. The lowest BCUT2D eigenvalue weighted by Gasteiger charge is -2.20. The predicted octanol–water partition coefficient (Wildman–Crippen LogP) is 0.930. The topological polar surface area (TPSA) is 58.6 Å². The van der Waals surface area contributed by atoms with E-state index in [1.54, 1.807) is 4.90 Å².